The highest BCUT2D eigenvalue weighted by Crippen LogP contribution is 2.28. The van der Waals surface area contributed by atoms with Gasteiger partial charge in [0.15, 0.2) is 5.54 Å². The minimum atomic E-state index is -1.16. The van der Waals surface area contributed by atoms with E-state index in [1.807, 2.05) is 66.7 Å². The molecule has 4 rings (SSSR count). The van der Waals surface area contributed by atoms with Crippen molar-refractivity contribution in [3.05, 3.63) is 106 Å². The van der Waals surface area contributed by atoms with Crippen molar-refractivity contribution >= 4 is 41.1 Å². The Morgan fingerprint density at radius 3 is 2.63 bits per heavy atom. The number of halogens is 2. The van der Waals surface area contributed by atoms with Crippen molar-refractivity contribution in [3.8, 4) is 5.75 Å². The van der Waals surface area contributed by atoms with Crippen LogP contribution in [0, 0.1) is 0 Å². The SMILES string of the molecule is O=C(NNCc1ccc(Cl)cc1Cl)[C@]1(C/C=C/c2ccccc2)COC(c2ccc(OCCCO)cc2)=N1. The van der Waals surface area contributed by atoms with Crippen LogP contribution in [-0.4, -0.2) is 42.3 Å². The summed E-state index contributed by atoms with van der Waals surface area (Å²) in [7, 11) is 0. The minimum Gasteiger partial charge on any atom is -0.494 e. The molecule has 1 amide bonds. The van der Waals surface area contributed by atoms with Crippen molar-refractivity contribution in [2.75, 3.05) is 19.8 Å². The minimum absolute atomic E-state index is 0.0766. The van der Waals surface area contributed by atoms with Gasteiger partial charge in [-0.05, 0) is 47.5 Å². The van der Waals surface area contributed by atoms with Gasteiger partial charge >= 0.3 is 0 Å². The average molecular weight is 554 g/mol. The second kappa shape index (κ2) is 13.4. The fraction of sp³-hybridized carbons (Fsp3) is 0.241. The maximum absolute atomic E-state index is 13.4. The van der Waals surface area contributed by atoms with Gasteiger partial charge in [0.25, 0.3) is 5.91 Å². The molecule has 0 fully saturated rings. The molecule has 0 unspecified atom stereocenters. The third-order valence-corrected chi connectivity index (χ3v) is 6.51. The van der Waals surface area contributed by atoms with Crippen molar-refractivity contribution in [1.82, 2.24) is 10.9 Å². The molecule has 1 aliphatic rings. The quantitative estimate of drug-likeness (QED) is 0.212. The first-order chi connectivity index (χ1) is 18.5. The number of hydrogen-bond donors (Lipinski definition) is 3. The Balaban J connectivity index is 1.49. The molecule has 198 valence electrons. The van der Waals surface area contributed by atoms with E-state index in [1.165, 1.54) is 0 Å². The molecule has 0 saturated heterocycles. The molecular formula is C29H29Cl2N3O4. The van der Waals surface area contributed by atoms with Gasteiger partial charge < -0.3 is 14.6 Å². The number of hydrogen-bond acceptors (Lipinski definition) is 6. The third kappa shape index (κ3) is 7.36. The summed E-state index contributed by atoms with van der Waals surface area (Å²) in [6.07, 6.45) is 4.79. The Morgan fingerprint density at radius 1 is 1.11 bits per heavy atom. The zero-order valence-electron chi connectivity index (χ0n) is 20.7. The predicted molar refractivity (Wildman–Crippen MR) is 150 cm³/mol. The molecule has 0 aliphatic carbocycles. The molecule has 3 N–H and O–H groups in total. The second-order valence-electron chi connectivity index (χ2n) is 8.75. The average Bonchev–Trinajstić information content (AvgIpc) is 3.37. The van der Waals surface area contributed by atoms with Gasteiger partial charge in [0.2, 0.25) is 5.90 Å². The fourth-order valence-corrected chi connectivity index (χ4v) is 4.29. The van der Waals surface area contributed by atoms with E-state index in [-0.39, 0.29) is 19.1 Å². The van der Waals surface area contributed by atoms with Gasteiger partial charge in [-0.1, -0.05) is 71.8 Å². The summed E-state index contributed by atoms with van der Waals surface area (Å²) in [5, 5.41) is 9.97. The molecule has 9 heteroatoms. The zero-order chi connectivity index (χ0) is 26.8. The van der Waals surface area contributed by atoms with Gasteiger partial charge in [0, 0.05) is 41.6 Å². The summed E-state index contributed by atoms with van der Waals surface area (Å²) in [5.41, 5.74) is 7.12. The molecule has 1 aliphatic heterocycles. The summed E-state index contributed by atoms with van der Waals surface area (Å²) >= 11 is 12.2. The molecule has 0 saturated carbocycles. The number of benzene rings is 3. The number of carbonyl (C=O) groups excluding carboxylic acids is 1. The lowest BCUT2D eigenvalue weighted by atomic mass is 9.95. The maximum Gasteiger partial charge on any atom is 0.266 e. The second-order valence-corrected chi connectivity index (χ2v) is 9.59. The van der Waals surface area contributed by atoms with Gasteiger partial charge in [0.05, 0.1) is 6.61 Å². The van der Waals surface area contributed by atoms with Crippen LogP contribution in [0.25, 0.3) is 6.08 Å². The van der Waals surface area contributed by atoms with E-state index in [1.54, 1.807) is 18.2 Å². The summed E-state index contributed by atoms with van der Waals surface area (Å²) in [6.45, 7) is 0.907. The topological polar surface area (TPSA) is 92.2 Å². The normalized spacial score (nSPS) is 16.8. The lowest BCUT2D eigenvalue weighted by molar-refractivity contribution is -0.127. The number of nitrogens with one attached hydrogen (secondary N) is 2. The first-order valence-corrected chi connectivity index (χ1v) is 13.0. The number of ether oxygens (including phenoxy) is 2. The van der Waals surface area contributed by atoms with E-state index in [0.717, 1.165) is 16.7 Å². The largest absolute Gasteiger partial charge is 0.494 e. The summed E-state index contributed by atoms with van der Waals surface area (Å²) in [5.74, 6) is 0.746. The summed E-state index contributed by atoms with van der Waals surface area (Å²) in [6, 6.07) is 22.3. The van der Waals surface area contributed by atoms with Gasteiger partial charge in [-0.2, -0.15) is 0 Å². The fourth-order valence-electron chi connectivity index (χ4n) is 3.81. The van der Waals surface area contributed by atoms with E-state index < -0.39 is 5.54 Å². The first-order valence-electron chi connectivity index (χ1n) is 12.2. The van der Waals surface area contributed by atoms with Crippen LogP contribution in [0.5, 0.6) is 5.75 Å². The lowest BCUT2D eigenvalue weighted by Gasteiger charge is -2.22. The highest BCUT2D eigenvalue weighted by Gasteiger charge is 2.43. The van der Waals surface area contributed by atoms with Crippen LogP contribution >= 0.6 is 23.2 Å². The van der Waals surface area contributed by atoms with Crippen molar-refractivity contribution in [1.29, 1.82) is 0 Å². The van der Waals surface area contributed by atoms with Crippen LogP contribution in [0.3, 0.4) is 0 Å². The summed E-state index contributed by atoms with van der Waals surface area (Å²) < 4.78 is 11.5. The number of aliphatic hydroxyl groups is 1. The number of aliphatic imine (C=N–C) groups is 1. The monoisotopic (exact) mass is 553 g/mol. The van der Waals surface area contributed by atoms with Crippen molar-refractivity contribution in [2.24, 2.45) is 4.99 Å². The van der Waals surface area contributed by atoms with Crippen LogP contribution in [0.15, 0.2) is 83.9 Å². The van der Waals surface area contributed by atoms with Crippen LogP contribution < -0.4 is 15.6 Å². The van der Waals surface area contributed by atoms with E-state index >= 15 is 0 Å². The Bertz CT molecular complexity index is 1280. The van der Waals surface area contributed by atoms with Crippen LogP contribution in [0.2, 0.25) is 10.0 Å². The number of nitrogens with zero attached hydrogens (tertiary/aromatic N) is 1. The zero-order valence-corrected chi connectivity index (χ0v) is 22.2. The van der Waals surface area contributed by atoms with Crippen LogP contribution in [0.4, 0.5) is 0 Å². The summed E-state index contributed by atoms with van der Waals surface area (Å²) in [4.78, 5) is 18.2. The van der Waals surface area contributed by atoms with Gasteiger partial charge in [-0.3, -0.25) is 10.2 Å². The number of carbonyl (C=O) groups is 1. The van der Waals surface area contributed by atoms with Crippen LogP contribution in [0.1, 0.15) is 29.5 Å². The Morgan fingerprint density at radius 2 is 1.89 bits per heavy atom. The molecule has 0 spiro atoms. The van der Waals surface area contributed by atoms with Crippen molar-refractivity contribution in [2.45, 2.75) is 24.9 Å². The van der Waals surface area contributed by atoms with Gasteiger partial charge in [-0.15, -0.1) is 0 Å². The Kier molecular flexibility index (Phi) is 9.79. The molecule has 0 bridgehead atoms. The molecule has 1 atom stereocenters. The van der Waals surface area contributed by atoms with E-state index in [4.69, 9.17) is 42.8 Å². The molecule has 7 nitrogen and oxygen atoms in total. The molecular weight excluding hydrogens is 525 g/mol. The number of hydrazine groups is 1. The number of rotatable bonds is 12. The maximum atomic E-state index is 13.4. The highest BCUT2D eigenvalue weighted by atomic mass is 35.5. The van der Waals surface area contributed by atoms with E-state index in [9.17, 15) is 4.79 Å². The molecule has 1 heterocycles. The number of aliphatic hydroxyl groups excluding tert-OH is 1. The molecule has 0 aromatic heterocycles. The smallest absolute Gasteiger partial charge is 0.266 e. The van der Waals surface area contributed by atoms with Gasteiger partial charge in [-0.25, -0.2) is 10.4 Å². The molecule has 3 aromatic carbocycles. The first kappa shape index (κ1) is 27.7. The third-order valence-electron chi connectivity index (χ3n) is 5.92. The molecule has 3 aromatic rings. The lowest BCUT2D eigenvalue weighted by Crippen LogP contribution is -2.51. The Labute approximate surface area is 232 Å². The van der Waals surface area contributed by atoms with Crippen molar-refractivity contribution in [3.63, 3.8) is 0 Å². The highest BCUT2D eigenvalue weighted by molar-refractivity contribution is 6.35. The molecule has 0 radical (unpaired) electrons. The van der Waals surface area contributed by atoms with Crippen molar-refractivity contribution < 1.29 is 19.4 Å². The standard InChI is InChI=1S/C29H29Cl2N3O4/c30-24-12-9-23(26(31)18-24)19-32-34-28(36)29(15-4-8-21-6-2-1-3-7-21)20-38-27(33-29)22-10-13-25(14-11-22)37-17-5-16-35/h1-4,6-14,18,32,35H,5,15-17,19-20H2,(H,34,36)/b8-4+/t29-/m0/s1. The number of amides is 1. The molecule has 38 heavy (non-hydrogen) atoms. The van der Waals surface area contributed by atoms with E-state index in [2.05, 4.69) is 10.9 Å². The van der Waals surface area contributed by atoms with Gasteiger partial charge in [0.1, 0.15) is 12.4 Å². The van der Waals surface area contributed by atoms with E-state index in [0.29, 0.717) is 47.7 Å². The predicted octanol–water partition coefficient (Wildman–Crippen LogP) is 5.19. The Hall–Kier alpha value is -3.36. The van der Waals surface area contributed by atoms with Crippen LogP contribution in [-0.2, 0) is 16.1 Å².